The van der Waals surface area contributed by atoms with E-state index < -0.39 is 0 Å². The number of nitrogens with zero attached hydrogens (tertiary/aromatic N) is 1. The molecular weight excluding hydrogens is 304 g/mol. The SMILES string of the molecule is CC(NCc1cc(-c2cccs2)on1)c1ccccc1Cl. The lowest BCUT2D eigenvalue weighted by Gasteiger charge is -2.14. The number of rotatable bonds is 5. The van der Waals surface area contributed by atoms with E-state index in [1.54, 1.807) is 11.3 Å². The van der Waals surface area contributed by atoms with E-state index in [0.29, 0.717) is 6.54 Å². The zero-order valence-electron chi connectivity index (χ0n) is 11.5. The molecule has 3 nitrogen and oxygen atoms in total. The van der Waals surface area contributed by atoms with Crippen molar-refractivity contribution in [2.45, 2.75) is 19.5 Å². The van der Waals surface area contributed by atoms with Gasteiger partial charge in [-0.25, -0.2) is 0 Å². The normalized spacial score (nSPS) is 12.5. The van der Waals surface area contributed by atoms with Gasteiger partial charge in [0, 0.05) is 23.7 Å². The number of hydrogen-bond acceptors (Lipinski definition) is 4. The van der Waals surface area contributed by atoms with E-state index in [0.717, 1.165) is 26.9 Å². The molecule has 1 unspecified atom stereocenters. The molecule has 0 radical (unpaired) electrons. The molecule has 5 heteroatoms. The van der Waals surface area contributed by atoms with Crippen molar-refractivity contribution in [2.24, 2.45) is 0 Å². The van der Waals surface area contributed by atoms with Crippen LogP contribution in [0.3, 0.4) is 0 Å². The van der Waals surface area contributed by atoms with Crippen molar-refractivity contribution in [2.75, 3.05) is 0 Å². The molecule has 0 spiro atoms. The Morgan fingerprint density at radius 1 is 1.29 bits per heavy atom. The summed E-state index contributed by atoms with van der Waals surface area (Å²) in [5.74, 6) is 0.812. The van der Waals surface area contributed by atoms with Crippen molar-refractivity contribution in [3.63, 3.8) is 0 Å². The van der Waals surface area contributed by atoms with Gasteiger partial charge < -0.3 is 9.84 Å². The fourth-order valence-electron chi connectivity index (χ4n) is 2.12. The van der Waals surface area contributed by atoms with Crippen LogP contribution in [0.4, 0.5) is 0 Å². The number of aromatic nitrogens is 1. The van der Waals surface area contributed by atoms with Crippen LogP contribution in [-0.2, 0) is 6.54 Å². The molecule has 2 aromatic heterocycles. The van der Waals surface area contributed by atoms with Crippen LogP contribution in [0.2, 0.25) is 5.02 Å². The second kappa shape index (κ2) is 6.43. The lowest BCUT2D eigenvalue weighted by molar-refractivity contribution is 0.417. The zero-order valence-corrected chi connectivity index (χ0v) is 13.1. The van der Waals surface area contributed by atoms with E-state index in [9.17, 15) is 0 Å². The van der Waals surface area contributed by atoms with Crippen molar-refractivity contribution in [3.8, 4) is 10.6 Å². The number of benzene rings is 1. The molecule has 108 valence electrons. The third kappa shape index (κ3) is 3.35. The summed E-state index contributed by atoms with van der Waals surface area (Å²) in [6.45, 7) is 2.72. The molecule has 0 bridgehead atoms. The predicted octanol–water partition coefficient (Wildman–Crippen LogP) is 4.91. The van der Waals surface area contributed by atoms with E-state index in [-0.39, 0.29) is 6.04 Å². The third-order valence-corrected chi connectivity index (χ3v) is 4.51. The van der Waals surface area contributed by atoms with E-state index in [1.807, 2.05) is 47.8 Å². The maximum atomic E-state index is 6.20. The van der Waals surface area contributed by atoms with Crippen LogP contribution in [0.25, 0.3) is 10.6 Å². The second-order valence-corrected chi connectivity index (χ2v) is 6.14. The van der Waals surface area contributed by atoms with E-state index in [1.165, 1.54) is 0 Å². The van der Waals surface area contributed by atoms with Gasteiger partial charge in [-0.3, -0.25) is 0 Å². The Kier molecular flexibility index (Phi) is 4.39. The highest BCUT2D eigenvalue weighted by Crippen LogP contribution is 2.26. The molecule has 3 aromatic rings. The van der Waals surface area contributed by atoms with Crippen LogP contribution < -0.4 is 5.32 Å². The van der Waals surface area contributed by atoms with Crippen molar-refractivity contribution in [3.05, 3.63) is 64.1 Å². The average molecular weight is 319 g/mol. The van der Waals surface area contributed by atoms with E-state index in [2.05, 4.69) is 17.4 Å². The van der Waals surface area contributed by atoms with Gasteiger partial charge >= 0.3 is 0 Å². The maximum absolute atomic E-state index is 6.20. The van der Waals surface area contributed by atoms with Crippen molar-refractivity contribution in [1.29, 1.82) is 0 Å². The summed E-state index contributed by atoms with van der Waals surface area (Å²) in [6, 6.07) is 14.0. The molecule has 0 aliphatic heterocycles. The van der Waals surface area contributed by atoms with Crippen LogP contribution in [-0.4, -0.2) is 5.16 Å². The summed E-state index contributed by atoms with van der Waals surface area (Å²) in [6.07, 6.45) is 0. The van der Waals surface area contributed by atoms with Gasteiger partial charge in [-0.15, -0.1) is 11.3 Å². The maximum Gasteiger partial charge on any atom is 0.177 e. The van der Waals surface area contributed by atoms with E-state index >= 15 is 0 Å². The molecule has 21 heavy (non-hydrogen) atoms. The number of hydrogen-bond donors (Lipinski definition) is 1. The Bertz CT molecular complexity index is 709. The highest BCUT2D eigenvalue weighted by molar-refractivity contribution is 7.13. The van der Waals surface area contributed by atoms with Gasteiger partial charge in [0.2, 0.25) is 0 Å². The average Bonchev–Trinajstić information content (AvgIpc) is 3.16. The van der Waals surface area contributed by atoms with E-state index in [4.69, 9.17) is 16.1 Å². The van der Waals surface area contributed by atoms with Gasteiger partial charge in [0.25, 0.3) is 0 Å². The van der Waals surface area contributed by atoms with Crippen LogP contribution in [0, 0.1) is 0 Å². The second-order valence-electron chi connectivity index (χ2n) is 4.78. The van der Waals surface area contributed by atoms with Crippen LogP contribution in [0.1, 0.15) is 24.2 Å². The lowest BCUT2D eigenvalue weighted by Crippen LogP contribution is -2.18. The molecule has 1 aromatic carbocycles. The molecule has 0 fully saturated rings. The predicted molar refractivity (Wildman–Crippen MR) is 86.5 cm³/mol. The smallest absolute Gasteiger partial charge is 0.177 e. The molecule has 3 rings (SSSR count). The Balaban J connectivity index is 1.64. The van der Waals surface area contributed by atoms with Gasteiger partial charge in [0.1, 0.15) is 0 Å². The zero-order chi connectivity index (χ0) is 14.7. The topological polar surface area (TPSA) is 38.1 Å². The van der Waals surface area contributed by atoms with Gasteiger partial charge in [-0.05, 0) is 30.0 Å². The van der Waals surface area contributed by atoms with Gasteiger partial charge in [0.15, 0.2) is 5.76 Å². The van der Waals surface area contributed by atoms with Crippen molar-refractivity contribution < 1.29 is 4.52 Å². The number of halogens is 1. The molecule has 1 atom stereocenters. The van der Waals surface area contributed by atoms with Crippen LogP contribution >= 0.6 is 22.9 Å². The molecule has 1 N–H and O–H groups in total. The number of nitrogens with one attached hydrogen (secondary N) is 1. The summed E-state index contributed by atoms with van der Waals surface area (Å²) in [5, 5.41) is 10.3. The molecule has 0 saturated carbocycles. The Hall–Kier alpha value is -1.62. The fourth-order valence-corrected chi connectivity index (χ4v) is 3.10. The van der Waals surface area contributed by atoms with Crippen molar-refractivity contribution >= 4 is 22.9 Å². The molecule has 2 heterocycles. The van der Waals surface area contributed by atoms with Crippen LogP contribution in [0.15, 0.2) is 52.4 Å². The molecular formula is C16H15ClN2OS. The molecule has 0 saturated heterocycles. The summed E-state index contributed by atoms with van der Waals surface area (Å²) >= 11 is 7.84. The van der Waals surface area contributed by atoms with Gasteiger partial charge in [-0.1, -0.05) is 41.0 Å². The largest absolute Gasteiger partial charge is 0.355 e. The summed E-state index contributed by atoms with van der Waals surface area (Å²) < 4.78 is 5.37. The van der Waals surface area contributed by atoms with Gasteiger partial charge in [0.05, 0.1) is 10.6 Å². The Morgan fingerprint density at radius 2 is 2.14 bits per heavy atom. The molecule has 0 aliphatic rings. The minimum atomic E-state index is 0.153. The highest BCUT2D eigenvalue weighted by Gasteiger charge is 2.11. The molecule has 0 aliphatic carbocycles. The van der Waals surface area contributed by atoms with Crippen LogP contribution in [0.5, 0.6) is 0 Å². The quantitative estimate of drug-likeness (QED) is 0.726. The standard InChI is InChI=1S/C16H15ClN2OS/c1-11(13-5-2-3-6-14(13)17)18-10-12-9-15(20-19-12)16-7-4-8-21-16/h2-9,11,18H,10H2,1H3. The first-order valence-electron chi connectivity index (χ1n) is 6.71. The molecule has 0 amide bonds. The minimum absolute atomic E-state index is 0.153. The van der Waals surface area contributed by atoms with Crippen molar-refractivity contribution in [1.82, 2.24) is 10.5 Å². The third-order valence-electron chi connectivity index (χ3n) is 3.28. The summed E-state index contributed by atoms with van der Waals surface area (Å²) in [4.78, 5) is 1.09. The summed E-state index contributed by atoms with van der Waals surface area (Å²) in [5.41, 5.74) is 1.97. The first-order chi connectivity index (χ1) is 10.2. The fraction of sp³-hybridized carbons (Fsp3) is 0.188. The summed E-state index contributed by atoms with van der Waals surface area (Å²) in [7, 11) is 0. The monoisotopic (exact) mass is 318 g/mol. The van der Waals surface area contributed by atoms with Gasteiger partial charge in [-0.2, -0.15) is 0 Å². The lowest BCUT2D eigenvalue weighted by atomic mass is 10.1. The Labute approximate surface area is 132 Å². The number of thiophene rings is 1. The first-order valence-corrected chi connectivity index (χ1v) is 7.97. The first kappa shape index (κ1) is 14.3. The highest BCUT2D eigenvalue weighted by atomic mass is 35.5. The minimum Gasteiger partial charge on any atom is -0.355 e. The Morgan fingerprint density at radius 3 is 2.90 bits per heavy atom.